The van der Waals surface area contributed by atoms with Crippen LogP contribution in [-0.4, -0.2) is 21.5 Å². The Labute approximate surface area is 121 Å². The van der Waals surface area contributed by atoms with E-state index in [0.717, 1.165) is 23.7 Å². The molecule has 2 heterocycles. The molecule has 2 aromatic heterocycles. The minimum atomic E-state index is 0.510. The van der Waals surface area contributed by atoms with Crippen molar-refractivity contribution < 1.29 is 0 Å². The molecule has 0 aromatic carbocycles. The zero-order chi connectivity index (χ0) is 13.7. The van der Waals surface area contributed by atoms with Crippen molar-refractivity contribution >= 4 is 34.7 Å². The van der Waals surface area contributed by atoms with Crippen molar-refractivity contribution in [1.29, 1.82) is 0 Å². The summed E-state index contributed by atoms with van der Waals surface area (Å²) in [6.45, 7) is 5.52. The molecule has 0 fully saturated rings. The zero-order valence-corrected chi connectivity index (χ0v) is 12.5. The first-order valence-electron chi connectivity index (χ1n) is 6.10. The molecule has 5 nitrogen and oxygen atoms in total. The van der Waals surface area contributed by atoms with Gasteiger partial charge < -0.3 is 10.6 Å². The lowest BCUT2D eigenvalue weighted by Crippen LogP contribution is -2.08. The van der Waals surface area contributed by atoms with Gasteiger partial charge in [-0.25, -0.2) is 9.97 Å². The quantitative estimate of drug-likeness (QED) is 0.856. The molecule has 0 aliphatic carbocycles. The Bertz CT molecular complexity index is 543. The van der Waals surface area contributed by atoms with E-state index in [2.05, 4.69) is 32.5 Å². The molecule has 0 radical (unpaired) electrons. The molecule has 0 saturated heterocycles. The van der Waals surface area contributed by atoms with Crippen molar-refractivity contribution in [2.24, 2.45) is 0 Å². The first kappa shape index (κ1) is 14.0. The number of anilines is 2. The molecule has 0 saturated carbocycles. The zero-order valence-electron chi connectivity index (χ0n) is 10.9. The fourth-order valence-electron chi connectivity index (χ4n) is 1.46. The first-order chi connectivity index (χ1) is 9.19. The van der Waals surface area contributed by atoms with Crippen LogP contribution >= 0.6 is 22.9 Å². The number of nitrogens with one attached hydrogen (secondary N) is 2. The average molecular weight is 298 g/mol. The average Bonchev–Trinajstić information content (AvgIpc) is 2.82. The van der Waals surface area contributed by atoms with E-state index in [1.54, 1.807) is 17.5 Å². The van der Waals surface area contributed by atoms with Gasteiger partial charge in [0.2, 0.25) is 5.95 Å². The highest BCUT2D eigenvalue weighted by molar-refractivity contribution is 7.09. The topological polar surface area (TPSA) is 62.7 Å². The Hall–Kier alpha value is -1.40. The molecular formula is C12H16ClN5S. The van der Waals surface area contributed by atoms with Gasteiger partial charge in [-0.15, -0.1) is 11.3 Å². The number of hydrogen-bond donors (Lipinski definition) is 2. The largest absolute Gasteiger partial charge is 0.362 e. The van der Waals surface area contributed by atoms with E-state index in [1.807, 2.05) is 12.3 Å². The maximum Gasteiger partial charge on any atom is 0.224 e. The van der Waals surface area contributed by atoms with Crippen molar-refractivity contribution in [3.63, 3.8) is 0 Å². The van der Waals surface area contributed by atoms with Gasteiger partial charge in [-0.05, 0) is 13.3 Å². The van der Waals surface area contributed by atoms with Crippen LogP contribution in [0.3, 0.4) is 0 Å². The second-order valence-electron chi connectivity index (χ2n) is 4.05. The third-order valence-electron chi connectivity index (χ3n) is 2.35. The lowest BCUT2D eigenvalue weighted by Gasteiger charge is -2.08. The van der Waals surface area contributed by atoms with E-state index in [4.69, 9.17) is 11.6 Å². The van der Waals surface area contributed by atoms with E-state index in [1.165, 1.54) is 0 Å². The standard InChI is InChI=1S/C12H16ClN5S/c1-3-4-14-12-16-5-9(13)11(18-12)15-6-10-17-8(2)7-19-10/h5,7H,3-4,6H2,1-2H3,(H2,14,15,16,18). The Morgan fingerprint density at radius 2 is 2.16 bits per heavy atom. The number of aryl methyl sites for hydroxylation is 1. The predicted octanol–water partition coefficient (Wildman–Crippen LogP) is 3.33. The maximum atomic E-state index is 6.07. The van der Waals surface area contributed by atoms with Gasteiger partial charge in [0.1, 0.15) is 10.0 Å². The molecule has 0 bridgehead atoms. The van der Waals surface area contributed by atoms with Crippen molar-refractivity contribution in [3.8, 4) is 0 Å². The van der Waals surface area contributed by atoms with E-state index < -0.39 is 0 Å². The number of aromatic nitrogens is 3. The highest BCUT2D eigenvalue weighted by Crippen LogP contribution is 2.20. The third kappa shape index (κ3) is 4.04. The van der Waals surface area contributed by atoms with Gasteiger partial charge in [0.25, 0.3) is 0 Å². The van der Waals surface area contributed by atoms with Crippen molar-refractivity contribution in [2.75, 3.05) is 17.2 Å². The molecule has 19 heavy (non-hydrogen) atoms. The summed E-state index contributed by atoms with van der Waals surface area (Å²) in [5.74, 6) is 1.21. The van der Waals surface area contributed by atoms with Gasteiger partial charge in [-0.1, -0.05) is 18.5 Å². The number of nitrogens with zero attached hydrogens (tertiary/aromatic N) is 3. The van der Waals surface area contributed by atoms with Gasteiger partial charge >= 0.3 is 0 Å². The van der Waals surface area contributed by atoms with Crippen LogP contribution in [0.5, 0.6) is 0 Å². The van der Waals surface area contributed by atoms with Crippen LogP contribution in [0.15, 0.2) is 11.6 Å². The smallest absolute Gasteiger partial charge is 0.224 e. The molecule has 2 N–H and O–H groups in total. The Morgan fingerprint density at radius 1 is 1.32 bits per heavy atom. The molecule has 102 valence electrons. The van der Waals surface area contributed by atoms with Gasteiger partial charge in [0, 0.05) is 17.6 Å². The fraction of sp³-hybridized carbons (Fsp3) is 0.417. The Kier molecular flexibility index (Phi) is 4.93. The Balaban J connectivity index is 2.02. The normalized spacial score (nSPS) is 10.5. The molecule has 0 unspecified atom stereocenters. The Morgan fingerprint density at radius 3 is 2.84 bits per heavy atom. The highest BCUT2D eigenvalue weighted by atomic mass is 35.5. The molecule has 7 heteroatoms. The second-order valence-corrected chi connectivity index (χ2v) is 5.40. The summed E-state index contributed by atoms with van der Waals surface area (Å²) < 4.78 is 0. The third-order valence-corrected chi connectivity index (χ3v) is 3.59. The number of halogens is 1. The fourth-order valence-corrected chi connectivity index (χ4v) is 2.33. The van der Waals surface area contributed by atoms with Crippen LogP contribution in [0.2, 0.25) is 5.02 Å². The maximum absolute atomic E-state index is 6.07. The van der Waals surface area contributed by atoms with Crippen LogP contribution in [0.4, 0.5) is 11.8 Å². The van der Waals surface area contributed by atoms with Crippen LogP contribution < -0.4 is 10.6 Å². The van der Waals surface area contributed by atoms with Gasteiger partial charge in [0.15, 0.2) is 5.82 Å². The molecule has 0 atom stereocenters. The lowest BCUT2D eigenvalue weighted by molar-refractivity contribution is 0.949. The molecule has 0 amide bonds. The molecule has 0 aliphatic heterocycles. The molecule has 0 spiro atoms. The highest BCUT2D eigenvalue weighted by Gasteiger charge is 2.06. The number of hydrogen-bond acceptors (Lipinski definition) is 6. The molecule has 2 aromatic rings. The predicted molar refractivity (Wildman–Crippen MR) is 80.0 cm³/mol. The van der Waals surface area contributed by atoms with Crippen molar-refractivity contribution in [3.05, 3.63) is 27.3 Å². The summed E-state index contributed by atoms with van der Waals surface area (Å²) in [4.78, 5) is 12.9. The first-order valence-corrected chi connectivity index (χ1v) is 7.36. The van der Waals surface area contributed by atoms with Gasteiger partial charge in [-0.3, -0.25) is 0 Å². The summed E-state index contributed by atoms with van der Waals surface area (Å²) >= 11 is 7.69. The van der Waals surface area contributed by atoms with Crippen LogP contribution in [0.1, 0.15) is 24.0 Å². The summed E-state index contributed by atoms with van der Waals surface area (Å²) in [7, 11) is 0. The molecule has 0 aliphatic rings. The summed E-state index contributed by atoms with van der Waals surface area (Å²) in [5.41, 5.74) is 1.03. The second kappa shape index (κ2) is 6.68. The van der Waals surface area contributed by atoms with Gasteiger partial charge in [-0.2, -0.15) is 4.98 Å². The summed E-state index contributed by atoms with van der Waals surface area (Å²) in [5, 5.41) is 9.85. The SMILES string of the molecule is CCCNc1ncc(Cl)c(NCc2nc(C)cs2)n1. The lowest BCUT2D eigenvalue weighted by atomic mass is 10.5. The van der Waals surface area contributed by atoms with Gasteiger partial charge in [0.05, 0.1) is 12.7 Å². The molecule has 2 rings (SSSR count). The van der Waals surface area contributed by atoms with Crippen LogP contribution in [-0.2, 0) is 6.54 Å². The van der Waals surface area contributed by atoms with Crippen molar-refractivity contribution in [1.82, 2.24) is 15.0 Å². The minimum absolute atomic E-state index is 0.510. The van der Waals surface area contributed by atoms with Crippen LogP contribution in [0.25, 0.3) is 0 Å². The van der Waals surface area contributed by atoms with E-state index >= 15 is 0 Å². The minimum Gasteiger partial charge on any atom is -0.362 e. The van der Waals surface area contributed by atoms with E-state index in [-0.39, 0.29) is 0 Å². The monoisotopic (exact) mass is 297 g/mol. The van der Waals surface area contributed by atoms with E-state index in [9.17, 15) is 0 Å². The van der Waals surface area contributed by atoms with Crippen molar-refractivity contribution in [2.45, 2.75) is 26.8 Å². The van der Waals surface area contributed by atoms with Crippen LogP contribution in [0, 0.1) is 6.92 Å². The number of rotatable bonds is 6. The van der Waals surface area contributed by atoms with E-state index in [0.29, 0.717) is 23.3 Å². The summed E-state index contributed by atoms with van der Waals surface area (Å²) in [6.07, 6.45) is 2.62. The molecular weight excluding hydrogens is 282 g/mol. The summed E-state index contributed by atoms with van der Waals surface area (Å²) in [6, 6.07) is 0. The number of thiazole rings is 1.